The van der Waals surface area contributed by atoms with Crippen LogP contribution in [0.2, 0.25) is 0 Å². The molecule has 0 aliphatic rings. The molecule has 0 bridgehead atoms. The van der Waals surface area contributed by atoms with Gasteiger partial charge in [-0.3, -0.25) is 0 Å². The van der Waals surface area contributed by atoms with Gasteiger partial charge in [-0.05, 0) is 23.8 Å². The summed E-state index contributed by atoms with van der Waals surface area (Å²) < 4.78 is 5.67. The van der Waals surface area contributed by atoms with E-state index in [2.05, 4.69) is 29.2 Å². The summed E-state index contributed by atoms with van der Waals surface area (Å²) in [6.45, 7) is 5.55. The number of nitrogens with one attached hydrogen (secondary N) is 1. The van der Waals surface area contributed by atoms with Crippen molar-refractivity contribution in [2.24, 2.45) is 11.8 Å². The largest absolute Gasteiger partial charge is 0.373 e. The normalized spacial score (nSPS) is 12.8. The van der Waals surface area contributed by atoms with Gasteiger partial charge in [0.15, 0.2) is 11.6 Å². The van der Waals surface area contributed by atoms with Crippen LogP contribution >= 0.6 is 11.3 Å². The van der Waals surface area contributed by atoms with E-state index in [0.717, 1.165) is 16.8 Å². The lowest BCUT2D eigenvalue weighted by Gasteiger charge is -2.10. The molecule has 0 saturated heterocycles. The maximum absolute atomic E-state index is 5.67. The zero-order valence-corrected chi connectivity index (χ0v) is 12.2. The van der Waals surface area contributed by atoms with E-state index in [-0.39, 0.29) is 0 Å². The number of rotatable bonds is 7. The van der Waals surface area contributed by atoms with Crippen LogP contribution in [0.25, 0.3) is 10.2 Å². The predicted octanol–water partition coefficient (Wildman–Crippen LogP) is 2.93. The van der Waals surface area contributed by atoms with E-state index in [1.54, 1.807) is 11.3 Å². The van der Waals surface area contributed by atoms with Gasteiger partial charge in [-0.25, -0.2) is 15.8 Å². The molecule has 0 aromatic carbocycles. The summed E-state index contributed by atoms with van der Waals surface area (Å²) in [5.41, 5.74) is 2.62. The van der Waals surface area contributed by atoms with Gasteiger partial charge in [0.05, 0.1) is 5.39 Å². The second kappa shape index (κ2) is 6.79. The Morgan fingerprint density at radius 2 is 2.32 bits per heavy atom. The number of nitrogens with two attached hydrogens (primary N) is 1. The Morgan fingerprint density at radius 1 is 1.47 bits per heavy atom. The molecule has 0 amide bonds. The second-order valence-corrected chi connectivity index (χ2v) is 5.58. The molecule has 0 aliphatic carbocycles. The van der Waals surface area contributed by atoms with Gasteiger partial charge < -0.3 is 10.2 Å². The Morgan fingerprint density at radius 3 is 3.05 bits per heavy atom. The number of aromatic nitrogens is 2. The summed E-state index contributed by atoms with van der Waals surface area (Å²) in [6, 6.07) is 1.96. The first-order chi connectivity index (χ1) is 9.24. The Balaban J connectivity index is 2.00. The van der Waals surface area contributed by atoms with Gasteiger partial charge in [-0.2, -0.15) is 0 Å². The lowest BCUT2D eigenvalue weighted by molar-refractivity contribution is 0.0851. The van der Waals surface area contributed by atoms with Crippen LogP contribution < -0.4 is 11.3 Å². The number of ether oxygens (including phenoxy) is 1. The van der Waals surface area contributed by atoms with Crippen molar-refractivity contribution >= 4 is 27.4 Å². The number of hydrogen-bond acceptors (Lipinski definition) is 6. The summed E-state index contributed by atoms with van der Waals surface area (Å²) in [5.74, 6) is 7.39. The Bertz CT molecular complexity index is 528. The van der Waals surface area contributed by atoms with E-state index in [0.29, 0.717) is 24.2 Å². The number of nitrogen functional groups attached to an aromatic ring is 1. The maximum Gasteiger partial charge on any atom is 0.158 e. The zero-order valence-electron chi connectivity index (χ0n) is 11.3. The molecule has 19 heavy (non-hydrogen) atoms. The molecule has 5 nitrogen and oxygen atoms in total. The zero-order chi connectivity index (χ0) is 13.7. The van der Waals surface area contributed by atoms with Crippen molar-refractivity contribution in [3.63, 3.8) is 0 Å². The lowest BCUT2D eigenvalue weighted by atomic mass is 10.1. The molecular formula is C13H20N4OS. The number of fused-ring (bicyclic) bond motifs is 1. The molecule has 0 radical (unpaired) electrons. The molecule has 3 N–H and O–H groups in total. The smallest absolute Gasteiger partial charge is 0.158 e. The molecule has 2 aromatic heterocycles. The van der Waals surface area contributed by atoms with Gasteiger partial charge in [0.1, 0.15) is 11.4 Å². The summed E-state index contributed by atoms with van der Waals surface area (Å²) in [5, 5.41) is 2.93. The highest BCUT2D eigenvalue weighted by molar-refractivity contribution is 7.16. The van der Waals surface area contributed by atoms with E-state index >= 15 is 0 Å². The third-order valence-corrected chi connectivity index (χ3v) is 3.73. The monoisotopic (exact) mass is 280 g/mol. The molecular weight excluding hydrogens is 260 g/mol. The molecule has 0 fully saturated rings. The van der Waals surface area contributed by atoms with Crippen molar-refractivity contribution in [2.75, 3.05) is 12.0 Å². The van der Waals surface area contributed by atoms with E-state index in [9.17, 15) is 0 Å². The SMILES string of the molecule is CCCC(C)COCc1nc(NN)c2ccsc2n1. The summed E-state index contributed by atoms with van der Waals surface area (Å²) >= 11 is 1.58. The van der Waals surface area contributed by atoms with Crippen LogP contribution in [0, 0.1) is 5.92 Å². The molecule has 6 heteroatoms. The van der Waals surface area contributed by atoms with Crippen LogP contribution in [-0.4, -0.2) is 16.6 Å². The van der Waals surface area contributed by atoms with Gasteiger partial charge in [0.25, 0.3) is 0 Å². The van der Waals surface area contributed by atoms with Crippen molar-refractivity contribution in [1.29, 1.82) is 0 Å². The second-order valence-electron chi connectivity index (χ2n) is 4.68. The fraction of sp³-hybridized carbons (Fsp3) is 0.538. The minimum atomic E-state index is 0.427. The van der Waals surface area contributed by atoms with E-state index in [1.807, 2.05) is 11.4 Å². The Hall–Kier alpha value is -1.24. The van der Waals surface area contributed by atoms with Crippen molar-refractivity contribution in [3.8, 4) is 0 Å². The topological polar surface area (TPSA) is 73.1 Å². The molecule has 2 aromatic rings. The third kappa shape index (κ3) is 3.62. The van der Waals surface area contributed by atoms with Crippen LogP contribution in [0.5, 0.6) is 0 Å². The fourth-order valence-corrected chi connectivity index (χ4v) is 2.78. The number of hydrogen-bond donors (Lipinski definition) is 2. The van der Waals surface area contributed by atoms with Crippen molar-refractivity contribution < 1.29 is 4.74 Å². The summed E-state index contributed by atoms with van der Waals surface area (Å²) in [4.78, 5) is 9.78. The van der Waals surface area contributed by atoms with Crippen LogP contribution in [0.3, 0.4) is 0 Å². The van der Waals surface area contributed by atoms with Gasteiger partial charge in [0, 0.05) is 6.61 Å². The maximum atomic E-state index is 5.67. The minimum Gasteiger partial charge on any atom is -0.373 e. The van der Waals surface area contributed by atoms with E-state index < -0.39 is 0 Å². The number of thiophene rings is 1. The van der Waals surface area contributed by atoms with Crippen LogP contribution in [-0.2, 0) is 11.3 Å². The van der Waals surface area contributed by atoms with Gasteiger partial charge in [0.2, 0.25) is 0 Å². The summed E-state index contributed by atoms with van der Waals surface area (Å²) in [6.07, 6.45) is 2.36. The summed E-state index contributed by atoms with van der Waals surface area (Å²) in [7, 11) is 0. The number of nitrogens with zero attached hydrogens (tertiary/aromatic N) is 2. The Labute approximate surface area is 117 Å². The first-order valence-electron chi connectivity index (χ1n) is 6.53. The van der Waals surface area contributed by atoms with Gasteiger partial charge in [-0.1, -0.05) is 20.3 Å². The first-order valence-corrected chi connectivity index (χ1v) is 7.41. The highest BCUT2D eigenvalue weighted by Gasteiger charge is 2.08. The quantitative estimate of drug-likeness (QED) is 0.602. The molecule has 0 spiro atoms. The average molecular weight is 280 g/mol. The van der Waals surface area contributed by atoms with Gasteiger partial charge >= 0.3 is 0 Å². The van der Waals surface area contributed by atoms with Crippen LogP contribution in [0.1, 0.15) is 32.5 Å². The minimum absolute atomic E-state index is 0.427. The predicted molar refractivity (Wildman–Crippen MR) is 79.0 cm³/mol. The molecule has 1 unspecified atom stereocenters. The molecule has 0 aliphatic heterocycles. The van der Waals surface area contributed by atoms with Crippen LogP contribution in [0.15, 0.2) is 11.4 Å². The molecule has 104 valence electrons. The number of anilines is 1. The van der Waals surface area contributed by atoms with E-state index in [4.69, 9.17) is 10.6 Å². The van der Waals surface area contributed by atoms with Crippen molar-refractivity contribution in [2.45, 2.75) is 33.3 Å². The highest BCUT2D eigenvalue weighted by Crippen LogP contribution is 2.24. The third-order valence-electron chi connectivity index (χ3n) is 2.92. The lowest BCUT2D eigenvalue weighted by Crippen LogP contribution is -2.12. The Kier molecular flexibility index (Phi) is 5.07. The molecule has 0 saturated carbocycles. The van der Waals surface area contributed by atoms with Crippen LogP contribution in [0.4, 0.5) is 5.82 Å². The van der Waals surface area contributed by atoms with E-state index in [1.165, 1.54) is 12.8 Å². The number of hydrazine groups is 1. The average Bonchev–Trinajstić information content (AvgIpc) is 2.86. The fourth-order valence-electron chi connectivity index (χ4n) is 2.00. The van der Waals surface area contributed by atoms with Crippen molar-refractivity contribution in [1.82, 2.24) is 9.97 Å². The molecule has 2 heterocycles. The van der Waals surface area contributed by atoms with Crippen molar-refractivity contribution in [3.05, 3.63) is 17.3 Å². The van der Waals surface area contributed by atoms with Gasteiger partial charge in [-0.15, -0.1) is 11.3 Å². The molecule has 2 rings (SSSR count). The first kappa shape index (κ1) is 14.2. The molecule has 1 atom stereocenters. The highest BCUT2D eigenvalue weighted by atomic mass is 32.1. The standard InChI is InChI=1S/C13H20N4OS/c1-3-4-9(2)7-18-8-11-15-12(17-14)10-5-6-19-13(10)16-11/h5-6,9H,3-4,7-8,14H2,1-2H3,(H,15,16,17).